The molecule has 0 aliphatic heterocycles. The first-order valence-corrected chi connectivity index (χ1v) is 5.19. The summed E-state index contributed by atoms with van der Waals surface area (Å²) >= 11 is 0. The maximum Gasteiger partial charge on any atom is 0.155 e. The topological polar surface area (TPSA) is 40.5 Å². The Balaban J connectivity index is 2.86. The molecule has 1 aromatic rings. The third kappa shape index (κ3) is 3.03. The second kappa shape index (κ2) is 5.61. The summed E-state index contributed by atoms with van der Waals surface area (Å²) in [5.41, 5.74) is 0.617. The Hall–Kier alpha value is -1.42. The van der Waals surface area contributed by atoms with Crippen molar-refractivity contribution in [2.24, 2.45) is 0 Å². The minimum atomic E-state index is -0.517. The van der Waals surface area contributed by atoms with Gasteiger partial charge in [0.25, 0.3) is 0 Å². The first-order valence-electron chi connectivity index (χ1n) is 5.19. The van der Waals surface area contributed by atoms with Crippen molar-refractivity contribution >= 4 is 12.0 Å². The van der Waals surface area contributed by atoms with Crippen molar-refractivity contribution < 1.29 is 14.3 Å². The van der Waals surface area contributed by atoms with Crippen LogP contribution in [0.4, 0.5) is 10.1 Å². The molecular formula is C12H16FNO2. The Bertz CT molecular complexity index is 366. The van der Waals surface area contributed by atoms with Crippen LogP contribution < -0.4 is 4.90 Å². The van der Waals surface area contributed by atoms with Gasteiger partial charge in [-0.3, -0.25) is 4.79 Å². The number of nitrogens with zero attached hydrogens (tertiary/aromatic N) is 1. The molecule has 3 nitrogen and oxygen atoms in total. The number of hydrogen-bond donors (Lipinski definition) is 1. The van der Waals surface area contributed by atoms with E-state index in [1.165, 1.54) is 6.07 Å². The summed E-state index contributed by atoms with van der Waals surface area (Å²) in [6.45, 7) is 2.27. The number of hydrogen-bond acceptors (Lipinski definition) is 3. The van der Waals surface area contributed by atoms with Gasteiger partial charge >= 0.3 is 0 Å². The van der Waals surface area contributed by atoms with Gasteiger partial charge in [0.05, 0.1) is 11.7 Å². The van der Waals surface area contributed by atoms with Gasteiger partial charge in [0.2, 0.25) is 0 Å². The molecule has 0 saturated heterocycles. The number of aliphatic hydroxyl groups excluding tert-OH is 1. The molecule has 0 bridgehead atoms. The lowest BCUT2D eigenvalue weighted by Crippen LogP contribution is -2.23. The first-order chi connectivity index (χ1) is 7.56. The van der Waals surface area contributed by atoms with E-state index in [1.54, 1.807) is 31.0 Å². The van der Waals surface area contributed by atoms with Crippen LogP contribution in [0.15, 0.2) is 18.2 Å². The quantitative estimate of drug-likeness (QED) is 0.777. The van der Waals surface area contributed by atoms with Crippen LogP contribution in [0.3, 0.4) is 0 Å². The van der Waals surface area contributed by atoms with E-state index in [4.69, 9.17) is 5.11 Å². The van der Waals surface area contributed by atoms with Crippen molar-refractivity contribution in [3.8, 4) is 0 Å². The summed E-state index contributed by atoms with van der Waals surface area (Å²) in [6, 6.07) is 4.52. The molecule has 1 unspecified atom stereocenters. The zero-order valence-electron chi connectivity index (χ0n) is 9.48. The van der Waals surface area contributed by atoms with E-state index in [0.29, 0.717) is 24.9 Å². The summed E-state index contributed by atoms with van der Waals surface area (Å²) in [6.07, 6.45) is 0.685. The molecule has 0 aliphatic carbocycles. The maximum absolute atomic E-state index is 13.3. The lowest BCUT2D eigenvalue weighted by Gasteiger charge is -2.21. The molecule has 0 spiro atoms. The van der Waals surface area contributed by atoms with E-state index in [2.05, 4.69) is 0 Å². The van der Waals surface area contributed by atoms with Gasteiger partial charge in [-0.25, -0.2) is 4.39 Å². The molecule has 88 valence electrons. The van der Waals surface area contributed by atoms with Gasteiger partial charge in [-0.2, -0.15) is 0 Å². The Morgan fingerprint density at radius 1 is 1.56 bits per heavy atom. The summed E-state index contributed by atoms with van der Waals surface area (Å²) in [5, 5.41) is 9.16. The molecule has 0 radical (unpaired) electrons. The van der Waals surface area contributed by atoms with Gasteiger partial charge in [-0.05, 0) is 25.5 Å². The fourth-order valence-electron chi connectivity index (χ4n) is 1.48. The van der Waals surface area contributed by atoms with E-state index in [0.717, 1.165) is 0 Å². The molecule has 0 heterocycles. The molecule has 1 N–H and O–H groups in total. The zero-order chi connectivity index (χ0) is 12.1. The molecule has 1 aromatic carbocycles. The van der Waals surface area contributed by atoms with Crippen molar-refractivity contribution in [1.82, 2.24) is 0 Å². The van der Waals surface area contributed by atoms with Gasteiger partial charge in [0.1, 0.15) is 5.82 Å². The third-order valence-corrected chi connectivity index (χ3v) is 2.44. The minimum Gasteiger partial charge on any atom is -0.393 e. The lowest BCUT2D eigenvalue weighted by atomic mass is 10.1. The molecule has 4 heteroatoms. The number of carbonyl (C=O) groups is 1. The van der Waals surface area contributed by atoms with Gasteiger partial charge in [-0.1, -0.05) is 6.07 Å². The number of carbonyl (C=O) groups excluding carboxylic acids is 1. The van der Waals surface area contributed by atoms with E-state index < -0.39 is 11.9 Å². The predicted octanol–water partition coefficient (Wildman–Crippen LogP) is 1.85. The van der Waals surface area contributed by atoms with Crippen LogP contribution in [0.5, 0.6) is 0 Å². The standard InChI is InChI=1S/C12H16FNO2/c1-9(16)6-7-14(2)12-5-3-4-11(13)10(12)8-15/h3-5,8-9,16H,6-7H2,1-2H3. The summed E-state index contributed by atoms with van der Waals surface area (Å²) in [5.74, 6) is -0.517. The van der Waals surface area contributed by atoms with Crippen LogP contribution in [-0.2, 0) is 0 Å². The summed E-state index contributed by atoms with van der Waals surface area (Å²) in [7, 11) is 1.77. The van der Waals surface area contributed by atoms with Crippen molar-refractivity contribution in [3.63, 3.8) is 0 Å². The van der Waals surface area contributed by atoms with Gasteiger partial charge < -0.3 is 10.0 Å². The minimum absolute atomic E-state index is 0.0654. The molecule has 0 saturated carbocycles. The Kier molecular flexibility index (Phi) is 4.43. The van der Waals surface area contributed by atoms with Crippen LogP contribution in [0, 0.1) is 5.82 Å². The third-order valence-electron chi connectivity index (χ3n) is 2.44. The molecular weight excluding hydrogens is 209 g/mol. The summed E-state index contributed by atoms with van der Waals surface area (Å²) < 4.78 is 13.3. The highest BCUT2D eigenvalue weighted by atomic mass is 19.1. The van der Waals surface area contributed by atoms with E-state index in [9.17, 15) is 9.18 Å². The zero-order valence-corrected chi connectivity index (χ0v) is 9.48. The van der Waals surface area contributed by atoms with Crippen LogP contribution in [-0.4, -0.2) is 31.1 Å². The van der Waals surface area contributed by atoms with Crippen molar-refractivity contribution in [1.29, 1.82) is 0 Å². The highest BCUT2D eigenvalue weighted by Crippen LogP contribution is 2.20. The Morgan fingerprint density at radius 2 is 2.25 bits per heavy atom. The van der Waals surface area contributed by atoms with Crippen LogP contribution in [0.25, 0.3) is 0 Å². The van der Waals surface area contributed by atoms with E-state index in [-0.39, 0.29) is 5.56 Å². The van der Waals surface area contributed by atoms with Crippen molar-refractivity contribution in [2.45, 2.75) is 19.4 Å². The number of benzene rings is 1. The number of rotatable bonds is 5. The average Bonchev–Trinajstić information content (AvgIpc) is 2.25. The molecule has 0 aromatic heterocycles. The van der Waals surface area contributed by atoms with E-state index in [1.807, 2.05) is 0 Å². The van der Waals surface area contributed by atoms with Gasteiger partial charge in [0, 0.05) is 19.3 Å². The molecule has 16 heavy (non-hydrogen) atoms. The SMILES string of the molecule is CC(O)CCN(C)c1cccc(F)c1C=O. The predicted molar refractivity (Wildman–Crippen MR) is 61.4 cm³/mol. The molecule has 0 fully saturated rings. The lowest BCUT2D eigenvalue weighted by molar-refractivity contribution is 0.112. The maximum atomic E-state index is 13.3. The van der Waals surface area contributed by atoms with Crippen LogP contribution in [0.1, 0.15) is 23.7 Å². The van der Waals surface area contributed by atoms with Crippen LogP contribution in [0.2, 0.25) is 0 Å². The highest BCUT2D eigenvalue weighted by Gasteiger charge is 2.11. The molecule has 0 aliphatic rings. The fraction of sp³-hybridized carbons (Fsp3) is 0.417. The number of halogens is 1. The van der Waals surface area contributed by atoms with Crippen molar-refractivity contribution in [2.75, 3.05) is 18.5 Å². The number of anilines is 1. The highest BCUT2D eigenvalue weighted by molar-refractivity contribution is 5.84. The Labute approximate surface area is 94.5 Å². The molecule has 0 amide bonds. The molecule has 1 rings (SSSR count). The number of aldehydes is 1. The smallest absolute Gasteiger partial charge is 0.155 e. The average molecular weight is 225 g/mol. The van der Waals surface area contributed by atoms with E-state index >= 15 is 0 Å². The van der Waals surface area contributed by atoms with Gasteiger partial charge in [0.15, 0.2) is 6.29 Å². The first kappa shape index (κ1) is 12.6. The van der Waals surface area contributed by atoms with Crippen LogP contribution >= 0.6 is 0 Å². The second-order valence-corrected chi connectivity index (χ2v) is 3.85. The second-order valence-electron chi connectivity index (χ2n) is 3.85. The van der Waals surface area contributed by atoms with Crippen molar-refractivity contribution in [3.05, 3.63) is 29.6 Å². The summed E-state index contributed by atoms with van der Waals surface area (Å²) in [4.78, 5) is 12.5. The largest absolute Gasteiger partial charge is 0.393 e. The molecule has 1 atom stereocenters. The monoisotopic (exact) mass is 225 g/mol. The fourth-order valence-corrected chi connectivity index (χ4v) is 1.48. The Morgan fingerprint density at radius 3 is 2.81 bits per heavy atom. The number of aliphatic hydroxyl groups is 1. The normalized spacial score (nSPS) is 12.2. The van der Waals surface area contributed by atoms with Gasteiger partial charge in [-0.15, -0.1) is 0 Å².